The number of aromatic amines is 1. The fourth-order valence-electron chi connectivity index (χ4n) is 5.97. The molecule has 7 atom stereocenters. The van der Waals surface area contributed by atoms with E-state index in [1.54, 1.807) is 0 Å². The van der Waals surface area contributed by atoms with Gasteiger partial charge < -0.3 is 35.6 Å². The third-order valence-electron chi connectivity index (χ3n) is 8.54. The van der Waals surface area contributed by atoms with Crippen LogP contribution in [-0.2, 0) is 32.7 Å². The number of methoxy groups -OCH3 is 1. The van der Waals surface area contributed by atoms with E-state index in [9.17, 15) is 33.4 Å². The third-order valence-corrected chi connectivity index (χ3v) is 11.0. The topological polar surface area (TPSA) is 228 Å². The van der Waals surface area contributed by atoms with E-state index in [1.807, 2.05) is 11.8 Å². The van der Waals surface area contributed by atoms with Crippen LogP contribution in [0.3, 0.4) is 0 Å². The van der Waals surface area contributed by atoms with Gasteiger partial charge in [0.1, 0.15) is 18.4 Å². The molecule has 17 nitrogen and oxygen atoms in total. The van der Waals surface area contributed by atoms with Crippen LogP contribution in [0, 0.1) is 0 Å². The standard InChI is InChI=1S/C30H47N6O11PS/c1-44-17-22-21(47-48(42,43)45-2)15-26(46-22)36-16-19(28(39)35-30(36)41)11-12-25(38)32-14-8-4-3-7-13-31-24(37)10-6-5-9-23-27-20(18-49-23)33-29(40)34-27/h11-12,16,20-23,26-27H,3-10,13-15,17-18H2,1-2H3,(H,31,37)(H,32,38)(H,42,43)(H2,33,34,40)(H,35,39,41)/b12-11+/t20?,21-,22?,23?,26-,27?/m1/s1. The Morgan fingerprint density at radius 2 is 1.86 bits per heavy atom. The van der Waals surface area contributed by atoms with Crippen molar-refractivity contribution >= 4 is 43.5 Å². The summed E-state index contributed by atoms with van der Waals surface area (Å²) in [4.78, 5) is 72.9. The van der Waals surface area contributed by atoms with E-state index in [1.165, 1.54) is 25.5 Å². The highest BCUT2D eigenvalue weighted by atomic mass is 32.2. The van der Waals surface area contributed by atoms with Crippen molar-refractivity contribution in [2.75, 3.05) is 39.7 Å². The van der Waals surface area contributed by atoms with Crippen LogP contribution in [-0.4, -0.2) is 102 Å². The molecule has 3 fully saturated rings. The highest BCUT2D eigenvalue weighted by Gasteiger charge is 2.43. The number of nitrogens with zero attached hydrogens (tertiary/aromatic N) is 1. The first-order valence-electron chi connectivity index (χ1n) is 16.5. The number of nitrogens with one attached hydrogen (secondary N) is 5. The van der Waals surface area contributed by atoms with Gasteiger partial charge in [0.2, 0.25) is 11.8 Å². The molecule has 4 amide bonds. The molecule has 1 aromatic heterocycles. The van der Waals surface area contributed by atoms with Crippen molar-refractivity contribution in [3.05, 3.63) is 38.7 Å². The van der Waals surface area contributed by atoms with E-state index >= 15 is 0 Å². The van der Waals surface area contributed by atoms with Gasteiger partial charge in [0, 0.05) is 63.4 Å². The van der Waals surface area contributed by atoms with E-state index in [2.05, 4.69) is 30.8 Å². The predicted molar refractivity (Wildman–Crippen MR) is 181 cm³/mol. The Balaban J connectivity index is 1.09. The first kappa shape index (κ1) is 38.8. The number of amides is 4. The molecule has 3 saturated heterocycles. The zero-order valence-electron chi connectivity index (χ0n) is 27.7. The molecule has 49 heavy (non-hydrogen) atoms. The number of unbranched alkanes of at least 4 members (excludes halogenated alkanes) is 4. The van der Waals surface area contributed by atoms with Crippen molar-refractivity contribution in [3.8, 4) is 0 Å². The summed E-state index contributed by atoms with van der Waals surface area (Å²) in [7, 11) is -1.91. The van der Waals surface area contributed by atoms with E-state index in [0.717, 1.165) is 62.4 Å². The van der Waals surface area contributed by atoms with Crippen LogP contribution < -0.4 is 32.5 Å². The molecule has 274 valence electrons. The second kappa shape index (κ2) is 18.8. The van der Waals surface area contributed by atoms with Crippen LogP contribution in [0.15, 0.2) is 21.9 Å². The number of aromatic nitrogens is 2. The van der Waals surface area contributed by atoms with Gasteiger partial charge >= 0.3 is 19.5 Å². The van der Waals surface area contributed by atoms with Crippen molar-refractivity contribution in [1.29, 1.82) is 0 Å². The van der Waals surface area contributed by atoms with E-state index < -0.39 is 43.4 Å². The number of carbonyl (C=O) groups is 3. The smallest absolute Gasteiger partial charge is 0.382 e. The number of carbonyl (C=O) groups excluding carboxylic acids is 3. The molecule has 0 spiro atoms. The number of phosphoric ester groups is 1. The van der Waals surface area contributed by atoms with Gasteiger partial charge in [-0.25, -0.2) is 14.2 Å². The van der Waals surface area contributed by atoms with Gasteiger partial charge in [-0.3, -0.25) is 33.0 Å². The molecule has 4 heterocycles. The maximum absolute atomic E-state index is 12.6. The number of rotatable bonds is 20. The first-order valence-corrected chi connectivity index (χ1v) is 19.0. The number of hydrogen-bond donors (Lipinski definition) is 6. The molecule has 5 unspecified atom stereocenters. The fourth-order valence-corrected chi connectivity index (χ4v) is 8.17. The number of fused-ring (bicyclic) bond motifs is 1. The van der Waals surface area contributed by atoms with Crippen molar-refractivity contribution in [2.45, 2.75) is 93.6 Å². The highest BCUT2D eigenvalue weighted by Crippen LogP contribution is 2.47. The van der Waals surface area contributed by atoms with Crippen LogP contribution in [0.4, 0.5) is 4.79 Å². The molecule has 0 bridgehead atoms. The Bertz CT molecular complexity index is 1490. The zero-order chi connectivity index (χ0) is 35.4. The molecule has 4 rings (SSSR count). The van der Waals surface area contributed by atoms with Crippen LogP contribution in [0.1, 0.15) is 69.6 Å². The van der Waals surface area contributed by atoms with Crippen molar-refractivity contribution in [2.24, 2.45) is 0 Å². The third kappa shape index (κ3) is 11.8. The lowest BCUT2D eigenvalue weighted by atomic mass is 10.0. The number of hydrogen-bond acceptors (Lipinski definition) is 11. The number of ether oxygens (including phenoxy) is 2. The van der Waals surface area contributed by atoms with Gasteiger partial charge in [0.05, 0.1) is 24.3 Å². The first-order chi connectivity index (χ1) is 23.5. The Morgan fingerprint density at radius 1 is 1.10 bits per heavy atom. The van der Waals surface area contributed by atoms with Crippen LogP contribution in [0.2, 0.25) is 0 Å². The minimum Gasteiger partial charge on any atom is -0.382 e. The molecular formula is C30H47N6O11PS. The lowest BCUT2D eigenvalue weighted by molar-refractivity contribution is -0.121. The van der Waals surface area contributed by atoms with Gasteiger partial charge in [0.25, 0.3) is 5.56 Å². The summed E-state index contributed by atoms with van der Waals surface area (Å²) in [5, 5.41) is 12.1. The van der Waals surface area contributed by atoms with Crippen molar-refractivity contribution in [1.82, 2.24) is 30.8 Å². The van der Waals surface area contributed by atoms with Crippen LogP contribution >= 0.6 is 19.6 Å². The number of urea groups is 1. The molecule has 0 aromatic carbocycles. The summed E-state index contributed by atoms with van der Waals surface area (Å²) >= 11 is 1.88. The molecule has 0 aliphatic carbocycles. The van der Waals surface area contributed by atoms with Crippen molar-refractivity contribution in [3.63, 3.8) is 0 Å². The summed E-state index contributed by atoms with van der Waals surface area (Å²) in [5.41, 5.74) is -1.44. The quantitative estimate of drug-likeness (QED) is 0.0481. The van der Waals surface area contributed by atoms with Gasteiger partial charge in [-0.1, -0.05) is 19.3 Å². The molecule has 0 saturated carbocycles. The highest BCUT2D eigenvalue weighted by molar-refractivity contribution is 8.00. The normalized spacial score (nSPS) is 25.9. The lowest BCUT2D eigenvalue weighted by Crippen LogP contribution is -2.36. The van der Waals surface area contributed by atoms with Gasteiger partial charge in [-0.15, -0.1) is 0 Å². The lowest BCUT2D eigenvalue weighted by Gasteiger charge is -2.19. The SMILES string of the molecule is COCC1O[C@@H](n2cc(/C=C/C(=O)NCCCCCCNC(=O)CCCCC3SCC4NC(=O)NC43)c(=O)[nH]c2=O)C[C@H]1OP(=O)(O)OC. The van der Waals surface area contributed by atoms with Crippen molar-refractivity contribution < 1.29 is 42.4 Å². The van der Waals surface area contributed by atoms with Crippen LogP contribution in [0.5, 0.6) is 0 Å². The summed E-state index contributed by atoms with van der Waals surface area (Å²) in [6.07, 6.45) is 7.62. The summed E-state index contributed by atoms with van der Waals surface area (Å²) in [6, 6.07) is 0.328. The van der Waals surface area contributed by atoms with E-state index in [-0.39, 0.29) is 42.6 Å². The van der Waals surface area contributed by atoms with E-state index in [0.29, 0.717) is 24.8 Å². The zero-order valence-corrected chi connectivity index (χ0v) is 29.4. The average molecular weight is 731 g/mol. The Hall–Kier alpha value is -2.99. The second-order valence-electron chi connectivity index (χ2n) is 12.1. The Labute approximate surface area is 288 Å². The monoisotopic (exact) mass is 730 g/mol. The summed E-state index contributed by atoms with van der Waals surface area (Å²) in [5.74, 6) is 0.568. The minimum absolute atomic E-state index is 0.00755. The molecule has 19 heteroatoms. The fraction of sp³-hybridized carbons (Fsp3) is 0.700. The van der Waals surface area contributed by atoms with Gasteiger partial charge in [-0.2, -0.15) is 11.8 Å². The Kier molecular flexibility index (Phi) is 14.9. The summed E-state index contributed by atoms with van der Waals surface area (Å²) in [6.45, 7) is 1.05. The predicted octanol–water partition coefficient (Wildman–Crippen LogP) is 1.13. The maximum atomic E-state index is 12.6. The maximum Gasteiger partial charge on any atom is 0.472 e. The average Bonchev–Trinajstić information content (AvgIpc) is 3.74. The molecule has 3 aliphatic heterocycles. The number of H-pyrrole nitrogens is 1. The molecule has 3 aliphatic rings. The molecule has 1 aromatic rings. The second-order valence-corrected chi connectivity index (χ2v) is 14.9. The molecule has 6 N–H and O–H groups in total. The molecular weight excluding hydrogens is 683 g/mol. The van der Waals surface area contributed by atoms with Crippen LogP contribution in [0.25, 0.3) is 6.08 Å². The number of thioether (sulfide) groups is 1. The Morgan fingerprint density at radius 3 is 2.59 bits per heavy atom. The van der Waals surface area contributed by atoms with E-state index in [4.69, 9.17) is 14.0 Å². The summed E-state index contributed by atoms with van der Waals surface area (Å²) < 4.78 is 33.6. The minimum atomic E-state index is -4.35. The number of phosphoric acid groups is 1. The molecule has 0 radical (unpaired) electrons. The van der Waals surface area contributed by atoms with Gasteiger partial charge in [-0.05, 0) is 31.8 Å². The largest absolute Gasteiger partial charge is 0.472 e. The van der Waals surface area contributed by atoms with Gasteiger partial charge in [0.15, 0.2) is 0 Å².